The highest BCUT2D eigenvalue weighted by Gasteiger charge is 2.24. The van der Waals surface area contributed by atoms with Gasteiger partial charge in [0, 0.05) is 24.7 Å². The van der Waals surface area contributed by atoms with Crippen LogP contribution in [-0.2, 0) is 9.53 Å². The average molecular weight is 347 g/mol. The Bertz CT molecular complexity index is 625. The summed E-state index contributed by atoms with van der Waals surface area (Å²) in [6.07, 6.45) is 1.05. The molecule has 136 valence electrons. The highest BCUT2D eigenvalue weighted by Crippen LogP contribution is 2.11. The summed E-state index contributed by atoms with van der Waals surface area (Å²) in [5.74, 6) is -0.484. The summed E-state index contributed by atoms with van der Waals surface area (Å²) in [5.41, 5.74) is 1.43. The van der Waals surface area contributed by atoms with Crippen LogP contribution in [0.15, 0.2) is 24.3 Å². The van der Waals surface area contributed by atoms with E-state index >= 15 is 0 Å². The molecule has 2 N–H and O–H groups in total. The molecular weight excluding hydrogens is 322 g/mol. The predicted octanol–water partition coefficient (Wildman–Crippen LogP) is 1.46. The fourth-order valence-corrected chi connectivity index (χ4v) is 2.78. The third-order valence-corrected chi connectivity index (χ3v) is 4.19. The normalized spacial score (nSPS) is 14.7. The van der Waals surface area contributed by atoms with Gasteiger partial charge < -0.3 is 20.3 Å². The number of nitrogens with zero attached hydrogens (tertiary/aromatic N) is 1. The number of rotatable bonds is 5. The number of piperidine rings is 1. The highest BCUT2D eigenvalue weighted by molar-refractivity contribution is 5.97. The maximum Gasteiger partial charge on any atom is 0.409 e. The zero-order valence-electron chi connectivity index (χ0n) is 14.7. The molecule has 0 unspecified atom stereocenters. The van der Waals surface area contributed by atoms with Gasteiger partial charge in [-0.3, -0.25) is 9.59 Å². The maximum atomic E-state index is 12.1. The molecule has 2 rings (SSSR count). The van der Waals surface area contributed by atoms with Crippen molar-refractivity contribution in [2.24, 2.45) is 0 Å². The lowest BCUT2D eigenvalue weighted by Crippen LogP contribution is -2.48. The zero-order valence-corrected chi connectivity index (χ0v) is 14.7. The monoisotopic (exact) mass is 347 g/mol. The molecule has 3 amide bonds. The van der Waals surface area contributed by atoms with Crippen molar-refractivity contribution >= 4 is 17.9 Å². The molecule has 0 bridgehead atoms. The molecule has 25 heavy (non-hydrogen) atoms. The fourth-order valence-electron chi connectivity index (χ4n) is 2.78. The van der Waals surface area contributed by atoms with Crippen LogP contribution in [0, 0.1) is 6.92 Å². The number of aryl methyl sites for hydroxylation is 1. The first-order valence-electron chi connectivity index (χ1n) is 8.56. The Morgan fingerprint density at radius 3 is 2.52 bits per heavy atom. The summed E-state index contributed by atoms with van der Waals surface area (Å²) >= 11 is 0. The van der Waals surface area contributed by atoms with Gasteiger partial charge >= 0.3 is 6.09 Å². The molecule has 0 saturated carbocycles. The number of hydrogen-bond acceptors (Lipinski definition) is 4. The summed E-state index contributed by atoms with van der Waals surface area (Å²) in [6.45, 7) is 5.03. The first kappa shape index (κ1) is 18.8. The fraction of sp³-hybridized carbons (Fsp3) is 0.500. The minimum atomic E-state index is -0.308. The van der Waals surface area contributed by atoms with Crippen LogP contribution >= 0.6 is 0 Å². The average Bonchev–Trinajstić information content (AvgIpc) is 2.61. The number of nitrogens with one attached hydrogen (secondary N) is 2. The third kappa shape index (κ3) is 5.48. The van der Waals surface area contributed by atoms with E-state index in [0.717, 1.165) is 5.56 Å². The van der Waals surface area contributed by atoms with Crippen molar-refractivity contribution < 1.29 is 19.1 Å². The predicted molar refractivity (Wildman–Crippen MR) is 93.3 cm³/mol. The van der Waals surface area contributed by atoms with Gasteiger partial charge in [-0.1, -0.05) is 18.2 Å². The number of ether oxygens (including phenoxy) is 1. The van der Waals surface area contributed by atoms with Crippen LogP contribution in [0.4, 0.5) is 4.79 Å². The van der Waals surface area contributed by atoms with E-state index in [2.05, 4.69) is 10.6 Å². The molecule has 1 aromatic carbocycles. The van der Waals surface area contributed by atoms with Gasteiger partial charge in [0.15, 0.2) is 0 Å². The Morgan fingerprint density at radius 1 is 1.20 bits per heavy atom. The number of carbonyl (C=O) groups is 3. The second kappa shape index (κ2) is 9.05. The van der Waals surface area contributed by atoms with Gasteiger partial charge in [-0.25, -0.2) is 4.79 Å². The van der Waals surface area contributed by atoms with E-state index in [9.17, 15) is 14.4 Å². The summed E-state index contributed by atoms with van der Waals surface area (Å²) < 4.78 is 4.97. The maximum absolute atomic E-state index is 12.1. The number of carbonyl (C=O) groups excluding carboxylic acids is 3. The molecule has 0 spiro atoms. The van der Waals surface area contributed by atoms with Gasteiger partial charge in [-0.2, -0.15) is 0 Å². The minimum absolute atomic E-state index is 0.00791. The van der Waals surface area contributed by atoms with Gasteiger partial charge in [-0.15, -0.1) is 0 Å². The summed E-state index contributed by atoms with van der Waals surface area (Å²) in [4.78, 5) is 37.4. The first-order chi connectivity index (χ1) is 12.0. The molecule has 1 aliphatic heterocycles. The van der Waals surface area contributed by atoms with Crippen LogP contribution in [0.25, 0.3) is 0 Å². The van der Waals surface area contributed by atoms with Crippen LogP contribution in [0.1, 0.15) is 35.7 Å². The van der Waals surface area contributed by atoms with E-state index in [1.165, 1.54) is 0 Å². The van der Waals surface area contributed by atoms with Crippen LogP contribution in [-0.4, -0.2) is 55.1 Å². The molecule has 0 atom stereocenters. The molecular formula is C18H25N3O4. The van der Waals surface area contributed by atoms with Crippen molar-refractivity contribution in [2.45, 2.75) is 32.7 Å². The van der Waals surface area contributed by atoms with Crippen LogP contribution in [0.2, 0.25) is 0 Å². The molecule has 7 heteroatoms. The van der Waals surface area contributed by atoms with Crippen molar-refractivity contribution in [3.63, 3.8) is 0 Å². The molecule has 7 nitrogen and oxygen atoms in total. The molecule has 0 aromatic heterocycles. The number of hydrogen-bond donors (Lipinski definition) is 2. The quantitative estimate of drug-likeness (QED) is 0.844. The Hall–Kier alpha value is -2.57. The van der Waals surface area contributed by atoms with Gasteiger partial charge in [-0.05, 0) is 38.3 Å². The molecule has 1 fully saturated rings. The van der Waals surface area contributed by atoms with E-state index in [1.54, 1.807) is 24.0 Å². The van der Waals surface area contributed by atoms with E-state index < -0.39 is 0 Å². The Kier molecular flexibility index (Phi) is 6.80. The van der Waals surface area contributed by atoms with E-state index in [4.69, 9.17) is 4.74 Å². The van der Waals surface area contributed by atoms with Crippen molar-refractivity contribution in [2.75, 3.05) is 26.2 Å². The van der Waals surface area contributed by atoms with Crippen molar-refractivity contribution in [1.29, 1.82) is 0 Å². The van der Waals surface area contributed by atoms with Crippen molar-refractivity contribution in [3.05, 3.63) is 35.4 Å². The molecule has 1 saturated heterocycles. The van der Waals surface area contributed by atoms with Gasteiger partial charge in [0.2, 0.25) is 5.91 Å². The molecule has 1 aliphatic rings. The lowest BCUT2D eigenvalue weighted by atomic mass is 10.1. The lowest BCUT2D eigenvalue weighted by Gasteiger charge is -2.31. The second-order valence-corrected chi connectivity index (χ2v) is 6.03. The van der Waals surface area contributed by atoms with Gasteiger partial charge in [0.05, 0.1) is 13.2 Å². The minimum Gasteiger partial charge on any atom is -0.450 e. The van der Waals surface area contributed by atoms with Gasteiger partial charge in [0.1, 0.15) is 0 Å². The molecule has 0 aliphatic carbocycles. The summed E-state index contributed by atoms with van der Waals surface area (Å²) in [5, 5.41) is 5.54. The third-order valence-electron chi connectivity index (χ3n) is 4.19. The van der Waals surface area contributed by atoms with Crippen molar-refractivity contribution in [3.8, 4) is 0 Å². The van der Waals surface area contributed by atoms with Gasteiger partial charge in [0.25, 0.3) is 5.91 Å². The Morgan fingerprint density at radius 2 is 1.88 bits per heavy atom. The van der Waals surface area contributed by atoms with Crippen LogP contribution in [0.5, 0.6) is 0 Å². The Labute approximate surface area is 147 Å². The van der Waals surface area contributed by atoms with Crippen molar-refractivity contribution in [1.82, 2.24) is 15.5 Å². The van der Waals surface area contributed by atoms with E-state index in [-0.39, 0.29) is 30.5 Å². The number of benzene rings is 1. The molecule has 1 aromatic rings. The standard InChI is InChI=1S/C18H25N3O4/c1-3-25-18(24)21-10-8-14(9-11-21)20-16(22)12-19-17(23)15-7-5-4-6-13(15)2/h4-7,14H,3,8-12H2,1-2H3,(H,19,23)(H,20,22). The molecule has 1 heterocycles. The van der Waals surface area contributed by atoms with Crippen LogP contribution < -0.4 is 10.6 Å². The van der Waals surface area contributed by atoms with Crippen LogP contribution in [0.3, 0.4) is 0 Å². The van der Waals surface area contributed by atoms with E-state index in [0.29, 0.717) is 38.1 Å². The summed E-state index contributed by atoms with van der Waals surface area (Å²) in [7, 11) is 0. The first-order valence-corrected chi connectivity index (χ1v) is 8.56. The molecule has 0 radical (unpaired) electrons. The zero-order chi connectivity index (χ0) is 18.2. The van der Waals surface area contributed by atoms with E-state index in [1.807, 2.05) is 19.1 Å². The Balaban J connectivity index is 1.72. The summed E-state index contributed by atoms with van der Waals surface area (Å²) in [6, 6.07) is 7.24. The SMILES string of the molecule is CCOC(=O)N1CCC(NC(=O)CNC(=O)c2ccccc2C)CC1. The smallest absolute Gasteiger partial charge is 0.409 e. The largest absolute Gasteiger partial charge is 0.450 e. The topological polar surface area (TPSA) is 87.7 Å². The number of likely N-dealkylation sites (tertiary alicyclic amines) is 1. The number of amides is 3. The highest BCUT2D eigenvalue weighted by atomic mass is 16.6. The lowest BCUT2D eigenvalue weighted by molar-refractivity contribution is -0.121. The second-order valence-electron chi connectivity index (χ2n) is 6.03.